The largest absolute Gasteiger partial charge is 0.484 e. The van der Waals surface area contributed by atoms with Gasteiger partial charge in [0.1, 0.15) is 17.5 Å². The number of methoxy groups -OCH3 is 1. The Hall–Kier alpha value is -3.48. The van der Waals surface area contributed by atoms with E-state index in [9.17, 15) is 18.0 Å². The minimum Gasteiger partial charge on any atom is -0.484 e. The van der Waals surface area contributed by atoms with E-state index in [2.05, 4.69) is 15.7 Å². The molecule has 2 amide bonds. The average molecular weight is 536 g/mol. The van der Waals surface area contributed by atoms with E-state index in [1.165, 1.54) is 24.4 Å². The molecule has 0 aliphatic carbocycles. The number of carbonyl (C=O) groups excluding carboxylic acids is 2. The van der Waals surface area contributed by atoms with E-state index in [-0.39, 0.29) is 35.5 Å². The molecule has 12 nitrogen and oxygen atoms in total. The quantitative estimate of drug-likeness (QED) is 0.575. The molecule has 0 saturated carbocycles. The Morgan fingerprint density at radius 3 is 2.68 bits per heavy atom. The number of nitrogens with zero attached hydrogens (tertiary/aromatic N) is 3. The van der Waals surface area contributed by atoms with E-state index in [0.29, 0.717) is 30.1 Å². The molecule has 2 aliphatic rings. The van der Waals surface area contributed by atoms with Gasteiger partial charge in [-0.25, -0.2) is 13.2 Å². The highest BCUT2D eigenvalue weighted by Crippen LogP contribution is 2.42. The first-order chi connectivity index (χ1) is 17.4. The van der Waals surface area contributed by atoms with Crippen molar-refractivity contribution in [1.29, 1.82) is 0 Å². The SMILES string of the molecule is COc1nn2c(c1S(=O)(=O)N1C[C@H](CNC(C)=O)Oc3ccc(NC(=O)OC(C)(C)C)cc31)CCCC2. The highest BCUT2D eigenvalue weighted by atomic mass is 32.2. The number of amides is 2. The number of benzene rings is 1. The average Bonchev–Trinajstić information content (AvgIpc) is 3.20. The van der Waals surface area contributed by atoms with Crippen molar-refractivity contribution in [3.63, 3.8) is 0 Å². The highest BCUT2D eigenvalue weighted by Gasteiger charge is 2.40. The second-order valence-electron chi connectivity index (χ2n) is 9.99. The summed E-state index contributed by atoms with van der Waals surface area (Å²) in [6, 6.07) is 4.69. The third-order valence-electron chi connectivity index (χ3n) is 5.87. The van der Waals surface area contributed by atoms with E-state index in [1.54, 1.807) is 37.6 Å². The number of rotatable bonds is 6. The van der Waals surface area contributed by atoms with Crippen LogP contribution < -0.4 is 24.4 Å². The highest BCUT2D eigenvalue weighted by molar-refractivity contribution is 7.93. The van der Waals surface area contributed by atoms with Crippen molar-refractivity contribution in [2.45, 2.75) is 70.1 Å². The summed E-state index contributed by atoms with van der Waals surface area (Å²) in [4.78, 5) is 23.9. The van der Waals surface area contributed by atoms with Gasteiger partial charge in [-0.05, 0) is 58.2 Å². The van der Waals surface area contributed by atoms with Crippen LogP contribution >= 0.6 is 0 Å². The molecule has 0 unspecified atom stereocenters. The molecule has 13 heteroatoms. The van der Waals surface area contributed by atoms with Crippen molar-refractivity contribution < 1.29 is 32.2 Å². The van der Waals surface area contributed by atoms with Crippen LogP contribution in [0.25, 0.3) is 0 Å². The van der Waals surface area contributed by atoms with Gasteiger partial charge in [0.05, 0.1) is 31.6 Å². The minimum atomic E-state index is -4.17. The van der Waals surface area contributed by atoms with Gasteiger partial charge in [0, 0.05) is 19.2 Å². The van der Waals surface area contributed by atoms with Crippen LogP contribution in [0.4, 0.5) is 16.2 Å². The molecule has 0 saturated heterocycles. The number of fused-ring (bicyclic) bond motifs is 2. The molecule has 2 N–H and O–H groups in total. The predicted octanol–water partition coefficient (Wildman–Crippen LogP) is 2.67. The lowest BCUT2D eigenvalue weighted by molar-refractivity contribution is -0.119. The van der Waals surface area contributed by atoms with Gasteiger partial charge in [-0.3, -0.25) is 19.1 Å². The number of ether oxygens (including phenoxy) is 3. The monoisotopic (exact) mass is 535 g/mol. The fourth-order valence-electron chi connectivity index (χ4n) is 4.34. The zero-order valence-electron chi connectivity index (χ0n) is 21.7. The number of sulfonamides is 1. The number of anilines is 2. The van der Waals surface area contributed by atoms with E-state index < -0.39 is 27.8 Å². The molecule has 202 valence electrons. The molecule has 0 spiro atoms. The van der Waals surface area contributed by atoms with Crippen molar-refractivity contribution in [2.24, 2.45) is 0 Å². The maximum Gasteiger partial charge on any atom is 0.412 e. The first kappa shape index (κ1) is 26.6. The summed E-state index contributed by atoms with van der Waals surface area (Å²) >= 11 is 0. The molecule has 1 aromatic heterocycles. The van der Waals surface area contributed by atoms with Gasteiger partial charge < -0.3 is 19.5 Å². The summed E-state index contributed by atoms with van der Waals surface area (Å²) in [5, 5.41) is 9.71. The summed E-state index contributed by atoms with van der Waals surface area (Å²) in [5.41, 5.74) is 0.468. The fourth-order valence-corrected chi connectivity index (χ4v) is 6.18. The molecule has 37 heavy (non-hydrogen) atoms. The maximum atomic E-state index is 14.2. The summed E-state index contributed by atoms with van der Waals surface area (Å²) in [6.45, 7) is 7.27. The lowest BCUT2D eigenvalue weighted by atomic mass is 10.1. The Balaban J connectivity index is 1.76. The maximum absolute atomic E-state index is 14.2. The molecule has 2 aliphatic heterocycles. The van der Waals surface area contributed by atoms with Crippen molar-refractivity contribution >= 4 is 33.4 Å². The molecule has 1 atom stereocenters. The van der Waals surface area contributed by atoms with Crippen LogP contribution in [0.5, 0.6) is 11.6 Å². The molecular weight excluding hydrogens is 502 g/mol. The van der Waals surface area contributed by atoms with Gasteiger partial charge in [-0.15, -0.1) is 5.10 Å². The Kier molecular flexibility index (Phi) is 7.27. The van der Waals surface area contributed by atoms with Gasteiger partial charge in [0.15, 0.2) is 4.90 Å². The van der Waals surface area contributed by atoms with Crippen LogP contribution in [0.3, 0.4) is 0 Å². The van der Waals surface area contributed by atoms with Crippen LogP contribution in [0.15, 0.2) is 23.1 Å². The number of carbonyl (C=O) groups is 2. The standard InChI is InChI=1S/C24H33N5O7S/c1-15(30)25-13-17-14-29(37(32,33)21-18-8-6-7-11-28(18)27-22(21)34-5)19-12-16(9-10-20(19)35-17)26-23(31)36-24(2,3)4/h9-10,12,17H,6-8,11,13-14H2,1-5H3,(H,25,30)(H,26,31)/t17-/m0/s1. The Bertz CT molecular complexity index is 1300. The second-order valence-corrected chi connectivity index (χ2v) is 11.8. The topological polar surface area (TPSA) is 141 Å². The summed E-state index contributed by atoms with van der Waals surface area (Å²) in [6.07, 6.45) is 0.975. The first-order valence-electron chi connectivity index (χ1n) is 12.1. The van der Waals surface area contributed by atoms with Crippen molar-refractivity contribution in [3.05, 3.63) is 23.9 Å². The number of hydrogen-bond donors (Lipinski definition) is 2. The van der Waals surface area contributed by atoms with Gasteiger partial charge in [-0.1, -0.05) is 0 Å². The molecule has 0 radical (unpaired) electrons. The molecule has 0 fully saturated rings. The van der Waals surface area contributed by atoms with Crippen molar-refractivity contribution in [3.8, 4) is 11.6 Å². The minimum absolute atomic E-state index is 0.0198. The number of nitrogens with one attached hydrogen (secondary N) is 2. The predicted molar refractivity (Wildman–Crippen MR) is 136 cm³/mol. The number of aromatic nitrogens is 2. The number of aryl methyl sites for hydroxylation is 1. The summed E-state index contributed by atoms with van der Waals surface area (Å²) < 4.78 is 48.1. The molecule has 2 aromatic rings. The van der Waals surface area contributed by atoms with E-state index >= 15 is 0 Å². The first-order valence-corrected chi connectivity index (χ1v) is 13.5. The van der Waals surface area contributed by atoms with Crippen molar-refractivity contribution in [1.82, 2.24) is 15.1 Å². The van der Waals surface area contributed by atoms with E-state index in [1.807, 2.05) is 0 Å². The lowest BCUT2D eigenvalue weighted by Crippen LogP contribution is -2.48. The Morgan fingerprint density at radius 2 is 2.00 bits per heavy atom. The van der Waals surface area contributed by atoms with Crippen LogP contribution in [-0.2, 0) is 32.5 Å². The third kappa shape index (κ3) is 5.76. The van der Waals surface area contributed by atoms with Crippen LogP contribution in [0.2, 0.25) is 0 Å². The summed E-state index contributed by atoms with van der Waals surface area (Å²) in [7, 11) is -2.78. The van der Waals surface area contributed by atoms with Gasteiger partial charge in [-0.2, -0.15) is 0 Å². The molecule has 0 bridgehead atoms. The zero-order chi connectivity index (χ0) is 27.0. The van der Waals surface area contributed by atoms with E-state index in [4.69, 9.17) is 14.2 Å². The van der Waals surface area contributed by atoms with Gasteiger partial charge in [0.25, 0.3) is 15.9 Å². The van der Waals surface area contributed by atoms with Gasteiger partial charge >= 0.3 is 6.09 Å². The lowest BCUT2D eigenvalue weighted by Gasteiger charge is -2.36. The third-order valence-corrected chi connectivity index (χ3v) is 7.72. The van der Waals surface area contributed by atoms with Crippen LogP contribution in [0.1, 0.15) is 46.2 Å². The molecule has 3 heterocycles. The molecule has 1 aromatic carbocycles. The fraction of sp³-hybridized carbons (Fsp3) is 0.542. The summed E-state index contributed by atoms with van der Waals surface area (Å²) in [5.74, 6) is 0.0689. The number of hydrogen-bond acceptors (Lipinski definition) is 8. The van der Waals surface area contributed by atoms with Crippen LogP contribution in [0, 0.1) is 0 Å². The van der Waals surface area contributed by atoms with Crippen molar-refractivity contribution in [2.75, 3.05) is 29.8 Å². The van der Waals surface area contributed by atoms with Crippen LogP contribution in [-0.4, -0.2) is 62.1 Å². The molecule has 4 rings (SSSR count). The van der Waals surface area contributed by atoms with Gasteiger partial charge in [0.2, 0.25) is 5.91 Å². The van der Waals surface area contributed by atoms with E-state index in [0.717, 1.165) is 12.8 Å². The normalized spacial score (nSPS) is 17.2. The zero-order valence-corrected chi connectivity index (χ0v) is 22.5. The molecular formula is C24H33N5O7S. The second kappa shape index (κ2) is 10.1. The smallest absolute Gasteiger partial charge is 0.412 e. The Labute approximate surface area is 216 Å². The Morgan fingerprint density at radius 1 is 1.24 bits per heavy atom.